The first-order chi connectivity index (χ1) is 13.0. The van der Waals surface area contributed by atoms with Crippen molar-refractivity contribution >= 4 is 40.9 Å². The predicted molar refractivity (Wildman–Crippen MR) is 103 cm³/mol. The maximum atomic E-state index is 11.7. The van der Waals surface area contributed by atoms with E-state index in [9.17, 15) is 9.59 Å². The van der Waals surface area contributed by atoms with Crippen LogP contribution in [0.15, 0.2) is 30.5 Å². The van der Waals surface area contributed by atoms with Crippen LogP contribution in [0.5, 0.6) is 0 Å². The minimum atomic E-state index is -0.451. The normalized spacial score (nSPS) is 14.0. The van der Waals surface area contributed by atoms with E-state index >= 15 is 0 Å². The molecule has 1 aromatic carbocycles. The van der Waals surface area contributed by atoms with Gasteiger partial charge in [0.05, 0.1) is 23.4 Å². The van der Waals surface area contributed by atoms with E-state index in [0.717, 1.165) is 5.82 Å². The number of esters is 1. The zero-order valence-corrected chi connectivity index (χ0v) is 15.9. The first kappa shape index (κ1) is 18.9. The van der Waals surface area contributed by atoms with Gasteiger partial charge in [0.2, 0.25) is 11.9 Å². The molecule has 0 unspecified atom stereocenters. The molecule has 0 aliphatic carbocycles. The average Bonchev–Trinajstić information content (AvgIpc) is 2.69. The number of halogens is 1. The Balaban J connectivity index is 1.75. The monoisotopic (exact) mass is 389 g/mol. The number of nitrogens with one attached hydrogen (secondary N) is 1. The van der Waals surface area contributed by atoms with Gasteiger partial charge in [-0.3, -0.25) is 4.79 Å². The van der Waals surface area contributed by atoms with Crippen molar-refractivity contribution in [3.8, 4) is 0 Å². The van der Waals surface area contributed by atoms with Crippen LogP contribution in [0.25, 0.3) is 0 Å². The summed E-state index contributed by atoms with van der Waals surface area (Å²) in [7, 11) is 1.32. The number of aromatic nitrogens is 2. The Labute approximate surface area is 162 Å². The molecule has 2 heterocycles. The van der Waals surface area contributed by atoms with Crippen LogP contribution in [0, 0.1) is 0 Å². The number of carbonyl (C=O) groups excluding carboxylic acids is 2. The number of carbonyl (C=O) groups is 2. The molecule has 1 N–H and O–H groups in total. The van der Waals surface area contributed by atoms with Gasteiger partial charge in [0.25, 0.3) is 0 Å². The molecule has 1 aliphatic heterocycles. The van der Waals surface area contributed by atoms with E-state index < -0.39 is 5.97 Å². The van der Waals surface area contributed by atoms with E-state index in [4.69, 9.17) is 16.3 Å². The van der Waals surface area contributed by atoms with Crippen molar-refractivity contribution in [3.05, 3.63) is 41.0 Å². The third kappa shape index (κ3) is 4.46. The van der Waals surface area contributed by atoms with Crippen LogP contribution in [0.1, 0.15) is 17.3 Å². The summed E-state index contributed by atoms with van der Waals surface area (Å²) >= 11 is 6.21. The van der Waals surface area contributed by atoms with E-state index in [2.05, 4.69) is 20.2 Å². The summed E-state index contributed by atoms with van der Waals surface area (Å²) in [5, 5.41) is 3.48. The maximum absolute atomic E-state index is 11.7. The minimum absolute atomic E-state index is 0.0832. The number of benzene rings is 1. The molecule has 1 amide bonds. The molecule has 8 nitrogen and oxygen atoms in total. The van der Waals surface area contributed by atoms with Crippen molar-refractivity contribution in [2.75, 3.05) is 43.5 Å². The van der Waals surface area contributed by atoms with E-state index in [0.29, 0.717) is 48.4 Å². The number of piperazine rings is 1. The lowest BCUT2D eigenvalue weighted by atomic mass is 10.2. The Morgan fingerprint density at radius 2 is 1.93 bits per heavy atom. The standard InChI is InChI=1S/C18H20ClN5O3/c1-12(25)23-7-9-24(10-8-23)16-5-6-20-18(22-16)21-15-11-13(17(26)27-2)3-4-14(15)19/h3-6,11H,7-10H2,1-2H3,(H,20,21,22). The number of hydrogen-bond acceptors (Lipinski definition) is 7. The molecule has 27 heavy (non-hydrogen) atoms. The Kier molecular flexibility index (Phi) is 5.75. The Morgan fingerprint density at radius 1 is 1.19 bits per heavy atom. The van der Waals surface area contributed by atoms with Gasteiger partial charge in [-0.15, -0.1) is 0 Å². The Bertz CT molecular complexity index is 853. The fourth-order valence-electron chi connectivity index (χ4n) is 2.82. The van der Waals surface area contributed by atoms with Crippen molar-refractivity contribution in [2.24, 2.45) is 0 Å². The molecule has 0 radical (unpaired) electrons. The fraction of sp³-hybridized carbons (Fsp3) is 0.333. The van der Waals surface area contributed by atoms with Crippen molar-refractivity contribution in [1.29, 1.82) is 0 Å². The molecular weight excluding hydrogens is 370 g/mol. The van der Waals surface area contributed by atoms with Crippen LogP contribution >= 0.6 is 11.6 Å². The van der Waals surface area contributed by atoms with Crippen molar-refractivity contribution in [1.82, 2.24) is 14.9 Å². The number of hydrogen-bond donors (Lipinski definition) is 1. The summed E-state index contributed by atoms with van der Waals surface area (Å²) in [5.74, 6) is 0.758. The number of methoxy groups -OCH3 is 1. The molecule has 0 atom stereocenters. The molecule has 2 aromatic rings. The first-order valence-electron chi connectivity index (χ1n) is 8.46. The molecule has 0 bridgehead atoms. The van der Waals surface area contributed by atoms with Crippen molar-refractivity contribution in [3.63, 3.8) is 0 Å². The second-order valence-corrected chi connectivity index (χ2v) is 6.45. The van der Waals surface area contributed by atoms with Gasteiger partial charge in [-0.25, -0.2) is 9.78 Å². The predicted octanol–water partition coefficient (Wildman–Crippen LogP) is 2.33. The van der Waals surface area contributed by atoms with Crippen LogP contribution in [0.4, 0.5) is 17.5 Å². The third-order valence-corrected chi connectivity index (χ3v) is 4.65. The number of rotatable bonds is 4. The summed E-state index contributed by atoms with van der Waals surface area (Å²) in [6.45, 7) is 4.31. The van der Waals surface area contributed by atoms with Crippen LogP contribution in [-0.2, 0) is 9.53 Å². The number of anilines is 3. The van der Waals surface area contributed by atoms with Gasteiger partial charge in [0, 0.05) is 39.3 Å². The first-order valence-corrected chi connectivity index (χ1v) is 8.84. The Morgan fingerprint density at radius 3 is 2.59 bits per heavy atom. The van der Waals surface area contributed by atoms with Gasteiger partial charge in [-0.05, 0) is 24.3 Å². The largest absolute Gasteiger partial charge is 0.465 e. The van der Waals surface area contributed by atoms with Gasteiger partial charge in [-0.2, -0.15) is 4.98 Å². The minimum Gasteiger partial charge on any atom is -0.465 e. The highest BCUT2D eigenvalue weighted by Gasteiger charge is 2.20. The van der Waals surface area contributed by atoms with E-state index in [1.54, 1.807) is 31.3 Å². The van der Waals surface area contributed by atoms with Crippen molar-refractivity contribution < 1.29 is 14.3 Å². The molecule has 0 saturated carbocycles. The second kappa shape index (κ2) is 8.22. The summed E-state index contributed by atoms with van der Waals surface area (Å²) in [6, 6.07) is 6.61. The summed E-state index contributed by atoms with van der Waals surface area (Å²) in [5.41, 5.74) is 0.888. The molecule has 1 fully saturated rings. The molecule has 9 heteroatoms. The van der Waals surface area contributed by atoms with E-state index in [-0.39, 0.29) is 5.91 Å². The van der Waals surface area contributed by atoms with Crippen LogP contribution in [-0.4, -0.2) is 60.0 Å². The van der Waals surface area contributed by atoms with Gasteiger partial charge >= 0.3 is 5.97 Å². The third-order valence-electron chi connectivity index (χ3n) is 4.32. The zero-order chi connectivity index (χ0) is 19.4. The lowest BCUT2D eigenvalue weighted by Crippen LogP contribution is -2.48. The summed E-state index contributed by atoms with van der Waals surface area (Å²) < 4.78 is 4.73. The van der Waals surface area contributed by atoms with Gasteiger partial charge in [-0.1, -0.05) is 11.6 Å². The highest BCUT2D eigenvalue weighted by Crippen LogP contribution is 2.26. The highest BCUT2D eigenvalue weighted by molar-refractivity contribution is 6.33. The zero-order valence-electron chi connectivity index (χ0n) is 15.1. The summed E-state index contributed by atoms with van der Waals surface area (Å²) in [4.78, 5) is 35.8. The Hall–Kier alpha value is -2.87. The maximum Gasteiger partial charge on any atom is 0.337 e. The quantitative estimate of drug-likeness (QED) is 0.803. The van der Waals surface area contributed by atoms with Crippen LogP contribution < -0.4 is 10.2 Å². The van der Waals surface area contributed by atoms with Crippen molar-refractivity contribution in [2.45, 2.75) is 6.92 Å². The molecule has 3 rings (SSSR count). The molecule has 0 spiro atoms. The van der Waals surface area contributed by atoms with Gasteiger partial charge in [0.1, 0.15) is 5.82 Å². The van der Waals surface area contributed by atoms with Crippen LogP contribution in [0.3, 0.4) is 0 Å². The molecule has 1 aliphatic rings. The summed E-state index contributed by atoms with van der Waals surface area (Å²) in [6.07, 6.45) is 1.65. The fourth-order valence-corrected chi connectivity index (χ4v) is 2.99. The highest BCUT2D eigenvalue weighted by atomic mass is 35.5. The van der Waals surface area contributed by atoms with Gasteiger partial charge in [0.15, 0.2) is 0 Å². The SMILES string of the molecule is COC(=O)c1ccc(Cl)c(Nc2nccc(N3CCN(C(C)=O)CC3)n2)c1. The molecular formula is C18H20ClN5O3. The average molecular weight is 390 g/mol. The van der Waals surface area contributed by atoms with Crippen LogP contribution in [0.2, 0.25) is 5.02 Å². The topological polar surface area (TPSA) is 87.7 Å². The molecule has 1 saturated heterocycles. The second-order valence-electron chi connectivity index (χ2n) is 6.04. The van der Waals surface area contributed by atoms with E-state index in [1.165, 1.54) is 7.11 Å². The number of nitrogens with zero attached hydrogens (tertiary/aromatic N) is 4. The number of amides is 1. The lowest BCUT2D eigenvalue weighted by molar-refractivity contribution is -0.129. The molecule has 142 valence electrons. The molecule has 1 aromatic heterocycles. The van der Waals surface area contributed by atoms with Gasteiger partial charge < -0.3 is 19.9 Å². The number of ether oxygens (including phenoxy) is 1. The smallest absolute Gasteiger partial charge is 0.337 e. The van der Waals surface area contributed by atoms with E-state index in [1.807, 2.05) is 11.0 Å². The lowest BCUT2D eigenvalue weighted by Gasteiger charge is -2.34.